The molecule has 1 atom stereocenters. The first-order chi connectivity index (χ1) is 11.9. The van der Waals surface area contributed by atoms with Crippen molar-refractivity contribution in [1.82, 2.24) is 0 Å². The van der Waals surface area contributed by atoms with Crippen LogP contribution < -0.4 is 16.4 Å². The van der Waals surface area contributed by atoms with Gasteiger partial charge in [-0.3, -0.25) is 4.79 Å². The van der Waals surface area contributed by atoms with E-state index in [1.807, 2.05) is 0 Å². The van der Waals surface area contributed by atoms with Crippen molar-refractivity contribution in [2.24, 2.45) is 5.73 Å². The highest BCUT2D eigenvalue weighted by molar-refractivity contribution is 6.33. The van der Waals surface area contributed by atoms with Crippen molar-refractivity contribution in [3.05, 3.63) is 59.1 Å². The van der Waals surface area contributed by atoms with Crippen LogP contribution in [0.15, 0.2) is 48.5 Å². The van der Waals surface area contributed by atoms with Crippen LogP contribution in [-0.4, -0.2) is 24.0 Å². The number of nitrogens with two attached hydrogens (primary N) is 1. The molecule has 3 amide bonds. The monoisotopic (exact) mass is 361 g/mol. The molecule has 0 aliphatic rings. The molecule has 4 N–H and O–H groups in total. The van der Waals surface area contributed by atoms with Crippen LogP contribution in [0.25, 0.3) is 0 Å². The molecule has 0 saturated carbocycles. The van der Waals surface area contributed by atoms with E-state index < -0.39 is 24.0 Å². The molecule has 0 spiro atoms. The summed E-state index contributed by atoms with van der Waals surface area (Å²) in [5, 5.41) is 5.31. The second-order valence-electron chi connectivity index (χ2n) is 5.09. The normalized spacial score (nSPS) is 11.3. The van der Waals surface area contributed by atoms with Gasteiger partial charge in [0.1, 0.15) is 0 Å². The van der Waals surface area contributed by atoms with Gasteiger partial charge in [-0.05, 0) is 37.3 Å². The van der Waals surface area contributed by atoms with Crippen molar-refractivity contribution in [2.75, 3.05) is 10.6 Å². The lowest BCUT2D eigenvalue weighted by Gasteiger charge is -2.14. The van der Waals surface area contributed by atoms with Gasteiger partial charge in [-0.25, -0.2) is 9.59 Å². The van der Waals surface area contributed by atoms with Crippen LogP contribution in [-0.2, 0) is 9.53 Å². The van der Waals surface area contributed by atoms with Gasteiger partial charge in [0.15, 0.2) is 6.10 Å². The summed E-state index contributed by atoms with van der Waals surface area (Å²) < 4.78 is 5.13. The van der Waals surface area contributed by atoms with Crippen molar-refractivity contribution in [2.45, 2.75) is 13.0 Å². The molecule has 0 aliphatic carbocycles. The lowest BCUT2D eigenvalue weighted by molar-refractivity contribution is -0.123. The number of nitrogens with one attached hydrogen (secondary N) is 2. The van der Waals surface area contributed by atoms with Crippen molar-refractivity contribution >= 4 is 40.9 Å². The maximum Gasteiger partial charge on any atom is 0.338 e. The number of benzene rings is 2. The van der Waals surface area contributed by atoms with Crippen LogP contribution >= 0.6 is 11.6 Å². The summed E-state index contributed by atoms with van der Waals surface area (Å²) in [5.41, 5.74) is 5.96. The number of primary amides is 1. The Kier molecular flexibility index (Phi) is 5.97. The van der Waals surface area contributed by atoms with E-state index in [4.69, 9.17) is 22.1 Å². The number of carbonyl (C=O) groups is 3. The number of amides is 3. The van der Waals surface area contributed by atoms with E-state index in [0.29, 0.717) is 16.4 Å². The minimum absolute atomic E-state index is 0.170. The minimum Gasteiger partial charge on any atom is -0.449 e. The average Bonchev–Trinajstić information content (AvgIpc) is 2.56. The number of rotatable bonds is 5. The highest BCUT2D eigenvalue weighted by Crippen LogP contribution is 2.21. The van der Waals surface area contributed by atoms with Gasteiger partial charge < -0.3 is 21.1 Å². The number of hydrogen-bond donors (Lipinski definition) is 3. The summed E-state index contributed by atoms with van der Waals surface area (Å²) in [6.45, 7) is 1.44. The fourth-order valence-electron chi connectivity index (χ4n) is 1.95. The summed E-state index contributed by atoms with van der Waals surface area (Å²) in [4.78, 5) is 35.1. The van der Waals surface area contributed by atoms with E-state index in [1.165, 1.54) is 19.1 Å². The number of urea groups is 1. The zero-order chi connectivity index (χ0) is 18.4. The third-order valence-corrected chi connectivity index (χ3v) is 3.48. The predicted octanol–water partition coefficient (Wildman–Crippen LogP) is 3.01. The minimum atomic E-state index is -1.04. The van der Waals surface area contributed by atoms with Gasteiger partial charge in [-0.15, -0.1) is 0 Å². The van der Waals surface area contributed by atoms with Crippen molar-refractivity contribution in [3.8, 4) is 0 Å². The number of esters is 1. The van der Waals surface area contributed by atoms with Crippen LogP contribution in [0.5, 0.6) is 0 Å². The highest BCUT2D eigenvalue weighted by atomic mass is 35.5. The maximum absolute atomic E-state index is 12.1. The molecule has 0 aliphatic heterocycles. The summed E-state index contributed by atoms with van der Waals surface area (Å²) >= 11 is 5.97. The fraction of sp³-hybridized carbons (Fsp3) is 0.118. The van der Waals surface area contributed by atoms with E-state index in [0.717, 1.165) is 0 Å². The Balaban J connectivity index is 2.01. The lowest BCUT2D eigenvalue weighted by atomic mass is 10.2. The van der Waals surface area contributed by atoms with Crippen molar-refractivity contribution < 1.29 is 19.1 Å². The standard InChI is InChI=1S/C17H16ClN3O4/c1-10(15(22)21-14-8-3-2-7-13(14)18)25-16(23)11-5-4-6-12(9-11)20-17(19)24/h2-10H,1H3,(H,21,22)(H3,19,20,24)/t10-/m0/s1. The molecule has 0 unspecified atom stereocenters. The first-order valence-electron chi connectivity index (χ1n) is 7.29. The predicted molar refractivity (Wildman–Crippen MR) is 94.6 cm³/mol. The van der Waals surface area contributed by atoms with E-state index in [1.54, 1.807) is 36.4 Å². The lowest BCUT2D eigenvalue weighted by Crippen LogP contribution is -2.30. The second kappa shape index (κ2) is 8.16. The van der Waals surface area contributed by atoms with Crippen molar-refractivity contribution in [3.63, 3.8) is 0 Å². The average molecular weight is 362 g/mol. The molecule has 0 heterocycles. The number of para-hydroxylation sites is 1. The third-order valence-electron chi connectivity index (χ3n) is 3.15. The zero-order valence-corrected chi connectivity index (χ0v) is 14.0. The molecule has 2 rings (SSSR count). The Morgan fingerprint density at radius 3 is 2.48 bits per heavy atom. The highest BCUT2D eigenvalue weighted by Gasteiger charge is 2.20. The molecule has 0 saturated heterocycles. The van der Waals surface area contributed by atoms with E-state index in [2.05, 4.69) is 10.6 Å². The Hall–Kier alpha value is -3.06. The van der Waals surface area contributed by atoms with Gasteiger partial charge in [0.2, 0.25) is 0 Å². The number of ether oxygens (including phenoxy) is 1. The Labute approximate surface area is 149 Å². The summed E-state index contributed by atoms with van der Waals surface area (Å²) in [6, 6.07) is 12.0. The van der Waals surface area contributed by atoms with Crippen molar-refractivity contribution in [1.29, 1.82) is 0 Å². The number of hydrogen-bond acceptors (Lipinski definition) is 4. The van der Waals surface area contributed by atoms with Crippen LogP contribution in [0.3, 0.4) is 0 Å². The van der Waals surface area contributed by atoms with Gasteiger partial charge in [0.05, 0.1) is 16.3 Å². The largest absolute Gasteiger partial charge is 0.449 e. The van der Waals surface area contributed by atoms with Gasteiger partial charge >= 0.3 is 12.0 Å². The number of carbonyl (C=O) groups excluding carboxylic acids is 3. The first-order valence-corrected chi connectivity index (χ1v) is 7.67. The van der Waals surface area contributed by atoms with Crippen LogP contribution in [0.2, 0.25) is 5.02 Å². The maximum atomic E-state index is 12.1. The van der Waals surface area contributed by atoms with Gasteiger partial charge in [0, 0.05) is 5.69 Å². The first kappa shape index (κ1) is 18.3. The quantitative estimate of drug-likeness (QED) is 0.711. The van der Waals surface area contributed by atoms with Gasteiger partial charge in [0.25, 0.3) is 5.91 Å². The fourth-order valence-corrected chi connectivity index (χ4v) is 2.13. The van der Waals surface area contributed by atoms with Gasteiger partial charge in [-0.1, -0.05) is 29.8 Å². The van der Waals surface area contributed by atoms with Gasteiger partial charge in [-0.2, -0.15) is 0 Å². The molecule has 2 aromatic carbocycles. The zero-order valence-electron chi connectivity index (χ0n) is 13.3. The molecule has 0 radical (unpaired) electrons. The SMILES string of the molecule is C[C@H](OC(=O)c1cccc(NC(N)=O)c1)C(=O)Nc1ccccc1Cl. The Morgan fingerprint density at radius 1 is 1.08 bits per heavy atom. The Morgan fingerprint density at radius 2 is 1.80 bits per heavy atom. The molecule has 25 heavy (non-hydrogen) atoms. The number of anilines is 2. The van der Waals surface area contributed by atoms with E-state index in [-0.39, 0.29) is 5.56 Å². The van der Waals surface area contributed by atoms with Crippen LogP contribution in [0.1, 0.15) is 17.3 Å². The third kappa shape index (κ3) is 5.22. The number of halogens is 1. The van der Waals surface area contributed by atoms with E-state index >= 15 is 0 Å². The molecule has 0 fully saturated rings. The summed E-state index contributed by atoms with van der Waals surface area (Å²) in [7, 11) is 0. The molecule has 0 aromatic heterocycles. The molecule has 8 heteroatoms. The van der Waals surface area contributed by atoms with Crippen LogP contribution in [0.4, 0.5) is 16.2 Å². The molecule has 7 nitrogen and oxygen atoms in total. The molecule has 130 valence electrons. The smallest absolute Gasteiger partial charge is 0.338 e. The van der Waals surface area contributed by atoms with Crippen LogP contribution in [0, 0.1) is 0 Å². The second-order valence-corrected chi connectivity index (χ2v) is 5.49. The summed E-state index contributed by atoms with van der Waals surface area (Å²) in [6.07, 6.45) is -1.04. The topological polar surface area (TPSA) is 111 Å². The Bertz CT molecular complexity index is 810. The van der Waals surface area contributed by atoms with E-state index in [9.17, 15) is 14.4 Å². The molecular weight excluding hydrogens is 346 g/mol. The molecule has 2 aromatic rings. The molecular formula is C17H16ClN3O4. The summed E-state index contributed by atoms with van der Waals surface area (Å²) in [5.74, 6) is -1.23. The molecule has 0 bridgehead atoms.